The first-order valence-corrected chi connectivity index (χ1v) is 5.53. The van der Waals surface area contributed by atoms with Crippen molar-refractivity contribution in [2.24, 2.45) is 5.92 Å². The van der Waals surface area contributed by atoms with Crippen LogP contribution in [0.15, 0.2) is 23.0 Å². The van der Waals surface area contributed by atoms with E-state index in [4.69, 9.17) is 0 Å². The largest absolute Gasteiger partial charge is 0.467 e. The van der Waals surface area contributed by atoms with E-state index in [2.05, 4.69) is 15.0 Å². The van der Waals surface area contributed by atoms with Gasteiger partial charge in [0.25, 0.3) is 5.91 Å². The minimum Gasteiger partial charge on any atom is -0.467 e. The van der Waals surface area contributed by atoms with Gasteiger partial charge < -0.3 is 15.0 Å². The zero-order chi connectivity index (χ0) is 13.7. The number of hydrogen-bond donors (Lipinski definition) is 2. The predicted octanol–water partition coefficient (Wildman–Crippen LogP) is 0.302. The highest BCUT2D eigenvalue weighted by Gasteiger charge is 2.25. The number of aromatic amines is 1. The Morgan fingerprint density at radius 2 is 2.00 bits per heavy atom. The molecule has 6 heteroatoms. The van der Waals surface area contributed by atoms with Gasteiger partial charge in [-0.1, -0.05) is 19.9 Å². The quantitative estimate of drug-likeness (QED) is 0.754. The van der Waals surface area contributed by atoms with Crippen LogP contribution < -0.4 is 10.9 Å². The number of carbonyl (C=O) groups excluding carboxylic acids is 2. The van der Waals surface area contributed by atoms with Gasteiger partial charge in [-0.3, -0.25) is 9.59 Å². The van der Waals surface area contributed by atoms with Crippen molar-refractivity contribution in [1.29, 1.82) is 0 Å². The van der Waals surface area contributed by atoms with Gasteiger partial charge in [-0.2, -0.15) is 0 Å². The lowest BCUT2D eigenvalue weighted by atomic mass is 10.0. The fourth-order valence-corrected chi connectivity index (χ4v) is 1.42. The Balaban J connectivity index is 2.85. The molecular formula is C12H16N2O4. The lowest BCUT2D eigenvalue weighted by Crippen LogP contribution is -2.45. The van der Waals surface area contributed by atoms with Crippen molar-refractivity contribution in [2.45, 2.75) is 19.9 Å². The molecule has 18 heavy (non-hydrogen) atoms. The lowest BCUT2D eigenvalue weighted by molar-refractivity contribution is -0.144. The highest BCUT2D eigenvalue weighted by molar-refractivity contribution is 5.95. The smallest absolute Gasteiger partial charge is 0.328 e. The third kappa shape index (κ3) is 3.44. The second kappa shape index (κ2) is 6.00. The number of amides is 1. The standard InChI is InChI=1S/C12H16N2O4/c1-7(2)10(12(17)18-3)14-11(16)8-5-4-6-9(15)13-8/h4-7,10H,1-3H3,(H,13,15)(H,14,16). The molecule has 1 rings (SSSR count). The van der Waals surface area contributed by atoms with Crippen LogP contribution >= 0.6 is 0 Å². The molecule has 1 aromatic heterocycles. The first-order chi connectivity index (χ1) is 8.45. The van der Waals surface area contributed by atoms with Gasteiger partial charge in [-0.15, -0.1) is 0 Å². The lowest BCUT2D eigenvalue weighted by Gasteiger charge is -2.19. The Morgan fingerprint density at radius 1 is 1.33 bits per heavy atom. The van der Waals surface area contributed by atoms with Gasteiger partial charge in [-0.05, 0) is 12.0 Å². The second-order valence-corrected chi connectivity index (χ2v) is 4.15. The predicted molar refractivity (Wildman–Crippen MR) is 65.2 cm³/mol. The summed E-state index contributed by atoms with van der Waals surface area (Å²) in [4.78, 5) is 36.8. The highest BCUT2D eigenvalue weighted by atomic mass is 16.5. The minimum absolute atomic E-state index is 0.108. The number of methoxy groups -OCH3 is 1. The summed E-state index contributed by atoms with van der Waals surface area (Å²) in [5, 5.41) is 2.53. The molecule has 0 saturated carbocycles. The molecular weight excluding hydrogens is 236 g/mol. The fourth-order valence-electron chi connectivity index (χ4n) is 1.42. The van der Waals surface area contributed by atoms with Crippen molar-refractivity contribution in [3.05, 3.63) is 34.2 Å². The molecule has 0 saturated heterocycles. The molecule has 0 aliphatic heterocycles. The normalized spacial score (nSPS) is 12.0. The summed E-state index contributed by atoms with van der Waals surface area (Å²) in [6.45, 7) is 3.57. The molecule has 6 nitrogen and oxygen atoms in total. The Morgan fingerprint density at radius 3 is 2.50 bits per heavy atom. The molecule has 0 aliphatic carbocycles. The number of ether oxygens (including phenoxy) is 1. The number of rotatable bonds is 4. The Kier molecular flexibility index (Phi) is 4.65. The molecule has 0 aliphatic rings. The van der Waals surface area contributed by atoms with E-state index in [1.165, 1.54) is 25.3 Å². The first-order valence-electron chi connectivity index (χ1n) is 5.53. The van der Waals surface area contributed by atoms with E-state index in [1.54, 1.807) is 13.8 Å². The van der Waals surface area contributed by atoms with E-state index in [0.29, 0.717) is 0 Å². The summed E-state index contributed by atoms with van der Waals surface area (Å²) in [5.74, 6) is -1.15. The van der Waals surface area contributed by atoms with E-state index in [0.717, 1.165) is 0 Å². The summed E-state index contributed by atoms with van der Waals surface area (Å²) in [7, 11) is 1.26. The SMILES string of the molecule is COC(=O)C(NC(=O)c1cccc(=O)[nH]1)C(C)C. The van der Waals surface area contributed by atoms with Crippen LogP contribution in [-0.2, 0) is 9.53 Å². The van der Waals surface area contributed by atoms with Gasteiger partial charge >= 0.3 is 5.97 Å². The minimum atomic E-state index is -0.744. The van der Waals surface area contributed by atoms with Crippen LogP contribution in [0.5, 0.6) is 0 Å². The maximum atomic E-state index is 11.8. The Bertz CT molecular complexity index is 493. The van der Waals surface area contributed by atoms with Crippen LogP contribution in [0.1, 0.15) is 24.3 Å². The third-order valence-electron chi connectivity index (χ3n) is 2.42. The van der Waals surface area contributed by atoms with Crippen molar-refractivity contribution < 1.29 is 14.3 Å². The Hall–Kier alpha value is -2.11. The summed E-state index contributed by atoms with van der Waals surface area (Å²) in [5.41, 5.74) is -0.265. The number of H-pyrrole nitrogens is 1. The van der Waals surface area contributed by atoms with Crippen molar-refractivity contribution in [1.82, 2.24) is 10.3 Å². The molecule has 1 heterocycles. The van der Waals surface area contributed by atoms with Crippen molar-refractivity contribution in [2.75, 3.05) is 7.11 Å². The van der Waals surface area contributed by atoms with Crippen LogP contribution in [0.2, 0.25) is 0 Å². The summed E-state index contributed by atoms with van der Waals surface area (Å²) >= 11 is 0. The maximum absolute atomic E-state index is 11.8. The first kappa shape index (κ1) is 14.0. The number of carbonyl (C=O) groups is 2. The van der Waals surface area contributed by atoms with E-state index in [9.17, 15) is 14.4 Å². The van der Waals surface area contributed by atoms with Gasteiger partial charge in [0.15, 0.2) is 0 Å². The second-order valence-electron chi connectivity index (χ2n) is 4.15. The number of aromatic nitrogens is 1. The molecule has 1 amide bonds. The van der Waals surface area contributed by atoms with E-state index < -0.39 is 17.9 Å². The van der Waals surface area contributed by atoms with Crippen LogP contribution in [-0.4, -0.2) is 30.0 Å². The molecule has 0 radical (unpaired) electrons. The van der Waals surface area contributed by atoms with Crippen LogP contribution in [0.3, 0.4) is 0 Å². The molecule has 0 fully saturated rings. The molecule has 1 aromatic rings. The molecule has 0 bridgehead atoms. The molecule has 1 unspecified atom stereocenters. The van der Waals surface area contributed by atoms with Gasteiger partial charge in [-0.25, -0.2) is 4.79 Å². The molecule has 1 atom stereocenters. The van der Waals surface area contributed by atoms with Gasteiger partial charge in [0.2, 0.25) is 5.56 Å². The zero-order valence-electron chi connectivity index (χ0n) is 10.5. The molecule has 0 spiro atoms. The van der Waals surface area contributed by atoms with Crippen molar-refractivity contribution in [3.63, 3.8) is 0 Å². The molecule has 0 aromatic carbocycles. The van der Waals surface area contributed by atoms with Gasteiger partial charge in [0, 0.05) is 6.07 Å². The number of hydrogen-bond acceptors (Lipinski definition) is 4. The number of esters is 1. The molecule has 98 valence electrons. The summed E-state index contributed by atoms with van der Waals surface area (Å²) in [6, 6.07) is 3.49. The topological polar surface area (TPSA) is 88.3 Å². The van der Waals surface area contributed by atoms with Crippen LogP contribution in [0, 0.1) is 5.92 Å². The van der Waals surface area contributed by atoms with E-state index in [-0.39, 0.29) is 17.2 Å². The summed E-state index contributed by atoms with van der Waals surface area (Å²) in [6.07, 6.45) is 0. The molecule has 2 N–H and O–H groups in total. The van der Waals surface area contributed by atoms with Gasteiger partial charge in [0.05, 0.1) is 7.11 Å². The van der Waals surface area contributed by atoms with Crippen molar-refractivity contribution >= 4 is 11.9 Å². The van der Waals surface area contributed by atoms with E-state index in [1.807, 2.05) is 0 Å². The number of nitrogens with one attached hydrogen (secondary N) is 2. The van der Waals surface area contributed by atoms with E-state index >= 15 is 0 Å². The Labute approximate surface area is 104 Å². The highest BCUT2D eigenvalue weighted by Crippen LogP contribution is 2.04. The fraction of sp³-hybridized carbons (Fsp3) is 0.417. The average molecular weight is 252 g/mol. The monoisotopic (exact) mass is 252 g/mol. The average Bonchev–Trinajstić information content (AvgIpc) is 2.34. The van der Waals surface area contributed by atoms with Crippen LogP contribution in [0.4, 0.5) is 0 Å². The van der Waals surface area contributed by atoms with Crippen LogP contribution in [0.25, 0.3) is 0 Å². The van der Waals surface area contributed by atoms with Gasteiger partial charge in [0.1, 0.15) is 11.7 Å². The number of pyridine rings is 1. The van der Waals surface area contributed by atoms with Crippen molar-refractivity contribution in [3.8, 4) is 0 Å². The summed E-state index contributed by atoms with van der Waals surface area (Å²) < 4.78 is 4.61. The zero-order valence-corrected chi connectivity index (χ0v) is 10.5. The third-order valence-corrected chi connectivity index (χ3v) is 2.42. The maximum Gasteiger partial charge on any atom is 0.328 e.